The summed E-state index contributed by atoms with van der Waals surface area (Å²) in [5.74, 6) is 0.686. The first kappa shape index (κ1) is 13.1. The lowest BCUT2D eigenvalue weighted by Gasteiger charge is -2.10. The van der Waals surface area contributed by atoms with E-state index in [4.69, 9.17) is 20.2 Å². The molecule has 0 N–H and O–H groups in total. The summed E-state index contributed by atoms with van der Waals surface area (Å²) in [7, 11) is 1.48. The largest absolute Gasteiger partial charge is 0.494 e. The molecule has 16 heavy (non-hydrogen) atoms. The van der Waals surface area contributed by atoms with Crippen molar-refractivity contribution in [3.63, 3.8) is 0 Å². The highest BCUT2D eigenvalue weighted by molar-refractivity contribution is 8.13. The quantitative estimate of drug-likeness (QED) is 0.767. The maximum atomic E-state index is 11.3. The van der Waals surface area contributed by atoms with Crippen LogP contribution in [0.15, 0.2) is 23.1 Å². The second-order valence-electron chi connectivity index (χ2n) is 2.91. The molecular weight excluding hydrogens is 252 g/mol. The molecule has 1 aromatic rings. The molecule has 0 saturated carbocycles. The van der Waals surface area contributed by atoms with Crippen LogP contribution in [0.1, 0.15) is 13.8 Å². The van der Waals surface area contributed by atoms with Crippen LogP contribution in [0.25, 0.3) is 0 Å². The molecule has 0 amide bonds. The number of hydrogen-bond acceptors (Lipinski definition) is 4. The Morgan fingerprint density at radius 2 is 1.81 bits per heavy atom. The molecule has 0 aliphatic carbocycles. The second kappa shape index (κ2) is 5.41. The van der Waals surface area contributed by atoms with Crippen LogP contribution in [-0.4, -0.2) is 21.6 Å². The van der Waals surface area contributed by atoms with Crippen molar-refractivity contribution in [2.75, 3.05) is 13.2 Å². The van der Waals surface area contributed by atoms with Crippen molar-refractivity contribution in [2.45, 2.75) is 18.7 Å². The van der Waals surface area contributed by atoms with E-state index in [0.29, 0.717) is 19.0 Å². The van der Waals surface area contributed by atoms with Gasteiger partial charge in [0.05, 0.1) is 13.2 Å². The molecule has 0 bridgehead atoms. The molecule has 0 atom stereocenters. The Kier molecular flexibility index (Phi) is 4.44. The van der Waals surface area contributed by atoms with Crippen molar-refractivity contribution in [3.05, 3.63) is 18.2 Å². The van der Waals surface area contributed by atoms with Crippen molar-refractivity contribution in [2.24, 2.45) is 0 Å². The molecule has 6 heteroatoms. The van der Waals surface area contributed by atoms with Crippen molar-refractivity contribution in [3.8, 4) is 11.5 Å². The Hall–Kier alpha value is -0.940. The van der Waals surface area contributed by atoms with Gasteiger partial charge in [0.2, 0.25) is 0 Å². The normalized spacial score (nSPS) is 11.2. The zero-order chi connectivity index (χ0) is 12.2. The summed E-state index contributed by atoms with van der Waals surface area (Å²) in [6.07, 6.45) is 0. The van der Waals surface area contributed by atoms with E-state index in [0.717, 1.165) is 0 Å². The summed E-state index contributed by atoms with van der Waals surface area (Å²) in [6, 6.07) is 4.53. The molecule has 1 rings (SSSR count). The van der Waals surface area contributed by atoms with Crippen LogP contribution in [-0.2, 0) is 9.05 Å². The molecule has 0 aromatic heterocycles. The van der Waals surface area contributed by atoms with E-state index < -0.39 is 9.05 Å². The molecule has 0 heterocycles. The molecule has 0 saturated heterocycles. The summed E-state index contributed by atoms with van der Waals surface area (Å²) >= 11 is 0. The molecule has 0 aliphatic heterocycles. The first-order chi connectivity index (χ1) is 7.49. The fourth-order valence-corrected chi connectivity index (χ4v) is 2.20. The van der Waals surface area contributed by atoms with E-state index in [1.54, 1.807) is 13.0 Å². The minimum absolute atomic E-state index is 0.0676. The fourth-order valence-electron chi connectivity index (χ4n) is 1.21. The SMILES string of the molecule is CCOc1ccc(OCC)c(S(=O)(=O)Cl)c1. The number of halogens is 1. The van der Waals surface area contributed by atoms with Gasteiger partial charge in [-0.05, 0) is 26.0 Å². The van der Waals surface area contributed by atoms with Crippen molar-refractivity contribution in [1.29, 1.82) is 0 Å². The van der Waals surface area contributed by atoms with Crippen LogP contribution in [0.3, 0.4) is 0 Å². The summed E-state index contributed by atoms with van der Waals surface area (Å²) < 4.78 is 33.0. The molecule has 0 fully saturated rings. The number of ether oxygens (including phenoxy) is 2. The van der Waals surface area contributed by atoms with Gasteiger partial charge >= 0.3 is 0 Å². The van der Waals surface area contributed by atoms with Gasteiger partial charge in [-0.3, -0.25) is 0 Å². The van der Waals surface area contributed by atoms with Crippen LogP contribution in [0.2, 0.25) is 0 Å². The highest BCUT2D eigenvalue weighted by Crippen LogP contribution is 2.30. The molecule has 0 spiro atoms. The Morgan fingerprint density at radius 3 is 2.31 bits per heavy atom. The maximum Gasteiger partial charge on any atom is 0.265 e. The molecule has 0 radical (unpaired) electrons. The smallest absolute Gasteiger partial charge is 0.265 e. The topological polar surface area (TPSA) is 52.6 Å². The monoisotopic (exact) mass is 264 g/mol. The first-order valence-corrected chi connectivity index (χ1v) is 7.14. The van der Waals surface area contributed by atoms with Crippen LogP contribution >= 0.6 is 10.7 Å². The molecule has 90 valence electrons. The molecule has 0 unspecified atom stereocenters. The summed E-state index contributed by atoms with van der Waals surface area (Å²) in [5, 5.41) is 0. The van der Waals surface area contributed by atoms with E-state index >= 15 is 0 Å². The van der Waals surface area contributed by atoms with Gasteiger partial charge in [-0.1, -0.05) is 0 Å². The third kappa shape index (κ3) is 3.28. The Bertz CT molecular complexity index is 456. The maximum absolute atomic E-state index is 11.3. The number of rotatable bonds is 5. The molecule has 4 nitrogen and oxygen atoms in total. The molecule has 1 aromatic carbocycles. The average molecular weight is 265 g/mol. The molecule has 0 aliphatic rings. The Balaban J connectivity index is 3.21. The summed E-state index contributed by atoms with van der Waals surface area (Å²) in [4.78, 5) is -0.0676. The Labute approximate surface area is 99.6 Å². The fraction of sp³-hybridized carbons (Fsp3) is 0.400. The minimum Gasteiger partial charge on any atom is -0.494 e. The van der Waals surface area contributed by atoms with Crippen LogP contribution in [0.5, 0.6) is 11.5 Å². The van der Waals surface area contributed by atoms with Gasteiger partial charge in [0.15, 0.2) is 0 Å². The van der Waals surface area contributed by atoms with Gasteiger partial charge in [0.25, 0.3) is 9.05 Å². The third-order valence-corrected chi connectivity index (χ3v) is 3.13. The standard InChI is InChI=1S/C10H13ClO4S/c1-3-14-8-5-6-9(15-4-2)10(7-8)16(11,12)13/h5-7H,3-4H2,1-2H3. The molecular formula is C10H13ClO4S. The van der Waals surface area contributed by atoms with Gasteiger partial charge < -0.3 is 9.47 Å². The van der Waals surface area contributed by atoms with Crippen LogP contribution in [0.4, 0.5) is 0 Å². The van der Waals surface area contributed by atoms with E-state index in [9.17, 15) is 8.42 Å². The van der Waals surface area contributed by atoms with Gasteiger partial charge in [-0.15, -0.1) is 0 Å². The summed E-state index contributed by atoms with van der Waals surface area (Å²) in [6.45, 7) is 4.40. The van der Waals surface area contributed by atoms with Crippen molar-refractivity contribution < 1.29 is 17.9 Å². The van der Waals surface area contributed by atoms with Crippen molar-refractivity contribution in [1.82, 2.24) is 0 Å². The zero-order valence-electron chi connectivity index (χ0n) is 9.07. The predicted octanol–water partition coefficient (Wildman–Crippen LogP) is 2.41. The number of benzene rings is 1. The van der Waals surface area contributed by atoms with E-state index in [-0.39, 0.29) is 10.6 Å². The average Bonchev–Trinajstić information content (AvgIpc) is 2.19. The zero-order valence-corrected chi connectivity index (χ0v) is 10.6. The van der Waals surface area contributed by atoms with E-state index in [1.165, 1.54) is 12.1 Å². The lowest BCUT2D eigenvalue weighted by atomic mass is 10.3. The van der Waals surface area contributed by atoms with Gasteiger partial charge in [0, 0.05) is 16.7 Å². The van der Waals surface area contributed by atoms with Gasteiger partial charge in [0.1, 0.15) is 16.4 Å². The lowest BCUT2D eigenvalue weighted by Crippen LogP contribution is -2.01. The summed E-state index contributed by atoms with van der Waals surface area (Å²) in [5.41, 5.74) is 0. The number of hydrogen-bond donors (Lipinski definition) is 0. The lowest BCUT2D eigenvalue weighted by molar-refractivity contribution is 0.322. The van der Waals surface area contributed by atoms with E-state index in [1.807, 2.05) is 6.92 Å². The first-order valence-electron chi connectivity index (χ1n) is 4.83. The highest BCUT2D eigenvalue weighted by Gasteiger charge is 2.17. The highest BCUT2D eigenvalue weighted by atomic mass is 35.7. The van der Waals surface area contributed by atoms with Crippen LogP contribution in [0, 0.1) is 0 Å². The van der Waals surface area contributed by atoms with Gasteiger partial charge in [-0.25, -0.2) is 8.42 Å². The predicted molar refractivity (Wildman–Crippen MR) is 61.8 cm³/mol. The third-order valence-electron chi connectivity index (χ3n) is 1.79. The van der Waals surface area contributed by atoms with E-state index in [2.05, 4.69) is 0 Å². The Morgan fingerprint density at radius 1 is 1.19 bits per heavy atom. The van der Waals surface area contributed by atoms with Crippen LogP contribution < -0.4 is 9.47 Å². The van der Waals surface area contributed by atoms with Crippen molar-refractivity contribution >= 4 is 19.7 Å². The second-order valence-corrected chi connectivity index (χ2v) is 5.45. The van der Waals surface area contributed by atoms with Gasteiger partial charge in [-0.2, -0.15) is 0 Å². The minimum atomic E-state index is -3.83.